The lowest BCUT2D eigenvalue weighted by molar-refractivity contribution is -0.146. The summed E-state index contributed by atoms with van der Waals surface area (Å²) in [6, 6.07) is 0. The van der Waals surface area contributed by atoms with Crippen LogP contribution in [0, 0.1) is 0 Å². The monoisotopic (exact) mass is 282 g/mol. The Kier molecular flexibility index (Phi) is 3.66. The predicted molar refractivity (Wildman–Crippen MR) is 69.9 cm³/mol. The topological polar surface area (TPSA) is 86.7 Å². The molecule has 1 saturated heterocycles. The Morgan fingerprint density at radius 1 is 1.53 bits per heavy atom. The molecule has 2 atom stereocenters. The normalized spacial score (nSPS) is 26.2. The first kappa shape index (κ1) is 13.7. The molecule has 0 aromatic heterocycles. The van der Waals surface area contributed by atoms with Crippen LogP contribution in [0.15, 0.2) is 23.4 Å². The van der Waals surface area contributed by atoms with Gasteiger partial charge >= 0.3 is 5.97 Å². The number of β-lactam (4-membered cyclic amide) rings is 1. The number of thioether (sulfide) groups is 1. The smallest absolute Gasteiger partial charge is 0.353 e. The number of nitrogens with one attached hydrogen (secondary N) is 1. The molecule has 0 bridgehead atoms. The van der Waals surface area contributed by atoms with Crippen LogP contribution in [0.25, 0.3) is 0 Å². The summed E-state index contributed by atoms with van der Waals surface area (Å²) in [4.78, 5) is 35.5. The lowest BCUT2D eigenvalue weighted by atomic mass is 10.1. The molecule has 7 heteroatoms. The van der Waals surface area contributed by atoms with Crippen molar-refractivity contribution in [2.24, 2.45) is 0 Å². The number of rotatable bonds is 3. The Morgan fingerprint density at radius 3 is 2.68 bits per heavy atom. The van der Waals surface area contributed by atoms with Crippen molar-refractivity contribution in [2.75, 3.05) is 0 Å². The van der Waals surface area contributed by atoms with Gasteiger partial charge in [-0.15, -0.1) is 11.8 Å². The second-order valence-electron chi connectivity index (χ2n) is 4.25. The van der Waals surface area contributed by atoms with Crippen LogP contribution in [0.5, 0.6) is 0 Å². The average molecular weight is 282 g/mol. The summed E-state index contributed by atoms with van der Waals surface area (Å²) < 4.78 is 0. The van der Waals surface area contributed by atoms with E-state index in [9.17, 15) is 19.5 Å². The third-order valence-corrected chi connectivity index (χ3v) is 4.21. The molecule has 0 spiro atoms. The van der Waals surface area contributed by atoms with Gasteiger partial charge in [0.1, 0.15) is 11.1 Å². The highest BCUT2D eigenvalue weighted by Crippen LogP contribution is 2.43. The zero-order chi connectivity index (χ0) is 14.2. The molecule has 0 aromatic carbocycles. The Labute approximate surface area is 114 Å². The molecule has 0 aromatic rings. The van der Waals surface area contributed by atoms with Crippen LogP contribution in [0.3, 0.4) is 0 Å². The summed E-state index contributed by atoms with van der Waals surface area (Å²) in [6.45, 7) is 3.14. The van der Waals surface area contributed by atoms with E-state index < -0.39 is 11.3 Å². The molecule has 1 fully saturated rings. The Hall–Kier alpha value is -1.76. The molecule has 102 valence electrons. The summed E-state index contributed by atoms with van der Waals surface area (Å²) in [5, 5.41) is 11.4. The summed E-state index contributed by atoms with van der Waals surface area (Å²) in [5.41, 5.74) is 0.413. The van der Waals surface area contributed by atoms with E-state index in [2.05, 4.69) is 5.32 Å². The number of hydrogen-bond donors (Lipinski definition) is 2. The van der Waals surface area contributed by atoms with Crippen LogP contribution >= 0.6 is 11.8 Å². The van der Waals surface area contributed by atoms with Gasteiger partial charge in [0.25, 0.3) is 0 Å². The largest absolute Gasteiger partial charge is 0.477 e. The van der Waals surface area contributed by atoms with E-state index in [0.717, 1.165) is 0 Å². The fraction of sp³-hybridized carbons (Fsp3) is 0.417. The van der Waals surface area contributed by atoms with Crippen LogP contribution in [0.1, 0.15) is 20.3 Å². The first-order valence-corrected chi connectivity index (χ1v) is 6.74. The zero-order valence-electron chi connectivity index (χ0n) is 10.5. The Morgan fingerprint density at radius 2 is 2.21 bits per heavy atom. The maximum absolute atomic E-state index is 11.6. The molecule has 2 N–H and O–H groups in total. The number of carbonyl (C=O) groups is 3. The molecule has 19 heavy (non-hydrogen) atoms. The van der Waals surface area contributed by atoms with Crippen molar-refractivity contribution in [3.63, 3.8) is 0 Å². The van der Waals surface area contributed by atoms with Gasteiger partial charge in [-0.2, -0.15) is 0 Å². The van der Waals surface area contributed by atoms with Crippen molar-refractivity contribution in [2.45, 2.75) is 31.0 Å². The number of fused-ring (bicyclic) bond motifs is 1. The van der Waals surface area contributed by atoms with E-state index in [4.69, 9.17) is 0 Å². The highest BCUT2D eigenvalue weighted by molar-refractivity contribution is 8.00. The Bertz CT molecular complexity index is 512. The van der Waals surface area contributed by atoms with E-state index in [1.165, 1.54) is 23.6 Å². The number of hydrogen-bond acceptors (Lipinski definition) is 4. The van der Waals surface area contributed by atoms with Gasteiger partial charge in [0.05, 0.1) is 11.8 Å². The van der Waals surface area contributed by atoms with Crippen LogP contribution < -0.4 is 5.32 Å². The number of carboxylic acid groups (broad SMARTS) is 1. The third-order valence-electron chi connectivity index (χ3n) is 2.88. The molecular weight excluding hydrogens is 268 g/mol. The van der Waals surface area contributed by atoms with Crippen molar-refractivity contribution < 1.29 is 19.5 Å². The number of carboxylic acids is 1. The molecular formula is C12H14N2O4S. The average Bonchev–Trinajstić information content (AvgIpc) is 2.30. The molecule has 6 nitrogen and oxygen atoms in total. The van der Waals surface area contributed by atoms with Crippen molar-refractivity contribution in [1.29, 1.82) is 0 Å². The number of nitrogens with zero attached hydrogens (tertiary/aromatic N) is 1. The second-order valence-corrected chi connectivity index (χ2v) is 5.54. The molecule has 2 rings (SSSR count). The number of aliphatic carboxylic acids is 1. The van der Waals surface area contributed by atoms with Gasteiger partial charge < -0.3 is 10.4 Å². The van der Waals surface area contributed by atoms with Gasteiger partial charge in [-0.05, 0) is 6.92 Å². The maximum Gasteiger partial charge on any atom is 0.353 e. The predicted octanol–water partition coefficient (Wildman–Crippen LogP) is 0.669. The molecule has 2 amide bonds. The van der Waals surface area contributed by atoms with Crippen LogP contribution in [0.2, 0.25) is 0 Å². The van der Waals surface area contributed by atoms with Gasteiger partial charge in [-0.3, -0.25) is 14.5 Å². The highest BCUT2D eigenvalue weighted by atomic mass is 32.2. The molecule has 1 unspecified atom stereocenters. The summed E-state index contributed by atoms with van der Waals surface area (Å²) in [5.74, 6) is -1.58. The maximum atomic E-state index is 11.6. The van der Waals surface area contributed by atoms with Crippen molar-refractivity contribution >= 4 is 29.5 Å². The highest BCUT2D eigenvalue weighted by Gasteiger charge is 2.48. The summed E-state index contributed by atoms with van der Waals surface area (Å²) >= 11 is 1.38. The minimum Gasteiger partial charge on any atom is -0.477 e. The van der Waals surface area contributed by atoms with Crippen LogP contribution in [-0.2, 0) is 14.4 Å². The quantitative estimate of drug-likeness (QED) is 0.743. The molecule has 2 aliphatic heterocycles. The van der Waals surface area contributed by atoms with E-state index >= 15 is 0 Å². The SMILES string of the molecule is C/C=C/C1=C(C(=O)O)N2C(=O)C[C@H]2SC1NC(C)=O. The molecule has 0 saturated carbocycles. The van der Waals surface area contributed by atoms with Gasteiger partial charge in [-0.1, -0.05) is 12.2 Å². The van der Waals surface area contributed by atoms with Gasteiger partial charge in [0, 0.05) is 12.5 Å². The first-order valence-electron chi connectivity index (χ1n) is 5.80. The molecule has 0 aliphatic carbocycles. The molecule has 0 radical (unpaired) electrons. The zero-order valence-corrected chi connectivity index (χ0v) is 11.4. The molecule has 2 heterocycles. The number of amides is 2. The first-order chi connectivity index (χ1) is 8.95. The second kappa shape index (κ2) is 5.08. The minimum absolute atomic E-state index is 0.0307. The lowest BCUT2D eigenvalue weighted by Gasteiger charge is -2.46. The van der Waals surface area contributed by atoms with Crippen molar-refractivity contribution in [3.05, 3.63) is 23.4 Å². The van der Waals surface area contributed by atoms with Crippen LogP contribution in [-0.4, -0.2) is 38.5 Å². The minimum atomic E-state index is -1.15. The Balaban J connectivity index is 2.47. The van der Waals surface area contributed by atoms with E-state index in [1.54, 1.807) is 19.1 Å². The fourth-order valence-corrected chi connectivity index (χ4v) is 3.60. The standard InChI is InChI=1S/C12H14N2O4S/c1-3-4-7-10(12(17)18)14-8(16)5-9(14)19-11(7)13-6(2)15/h3-4,9,11H,5H2,1-2H3,(H,13,15)(H,17,18)/b4-3+/t9-,11?/m1/s1. The van der Waals surface area contributed by atoms with Crippen molar-refractivity contribution in [1.82, 2.24) is 10.2 Å². The van der Waals surface area contributed by atoms with Gasteiger partial charge in [0.2, 0.25) is 11.8 Å². The van der Waals surface area contributed by atoms with Crippen molar-refractivity contribution in [3.8, 4) is 0 Å². The van der Waals surface area contributed by atoms with E-state index in [1.807, 2.05) is 0 Å². The number of carbonyl (C=O) groups excluding carboxylic acids is 2. The number of allylic oxidation sites excluding steroid dienone is 1. The summed E-state index contributed by atoms with van der Waals surface area (Å²) in [6.07, 6.45) is 3.62. The third kappa shape index (κ3) is 2.37. The molecule has 2 aliphatic rings. The van der Waals surface area contributed by atoms with Crippen LogP contribution in [0.4, 0.5) is 0 Å². The van der Waals surface area contributed by atoms with E-state index in [0.29, 0.717) is 12.0 Å². The van der Waals surface area contributed by atoms with Gasteiger partial charge in [-0.25, -0.2) is 4.79 Å². The van der Waals surface area contributed by atoms with E-state index in [-0.39, 0.29) is 22.9 Å². The fourth-order valence-electron chi connectivity index (χ4n) is 2.13. The van der Waals surface area contributed by atoms with Gasteiger partial charge in [0.15, 0.2) is 0 Å². The lowest BCUT2D eigenvalue weighted by Crippen LogP contribution is -2.57. The summed E-state index contributed by atoms with van der Waals surface area (Å²) in [7, 11) is 0.